The number of aliphatic imine (C=N–C) groups is 1. The molecule has 0 aromatic heterocycles. The predicted octanol–water partition coefficient (Wildman–Crippen LogP) is 2.34. The fourth-order valence-corrected chi connectivity index (χ4v) is 2.21. The molecule has 144 valence electrons. The van der Waals surface area contributed by atoms with Crippen molar-refractivity contribution in [1.29, 1.82) is 0 Å². The van der Waals surface area contributed by atoms with E-state index in [0.717, 1.165) is 44.5 Å². The Balaban J connectivity index is 0.00000576. The number of hydrogen-bond donors (Lipinski definition) is 2. The van der Waals surface area contributed by atoms with Crippen molar-refractivity contribution in [3.63, 3.8) is 0 Å². The van der Waals surface area contributed by atoms with Crippen molar-refractivity contribution < 1.29 is 9.47 Å². The number of nitrogens with one attached hydrogen (secondary N) is 2. The molecule has 0 bridgehead atoms. The lowest BCUT2D eigenvalue weighted by Crippen LogP contribution is -2.38. The third-order valence-electron chi connectivity index (χ3n) is 3.78. The second-order valence-corrected chi connectivity index (χ2v) is 5.36. The number of rotatable bonds is 11. The van der Waals surface area contributed by atoms with Crippen LogP contribution in [0.2, 0.25) is 0 Å². The summed E-state index contributed by atoms with van der Waals surface area (Å²) in [6.45, 7) is 10.2. The molecule has 0 fully saturated rings. The molecule has 0 aliphatic carbocycles. The molecule has 0 atom stereocenters. The van der Waals surface area contributed by atoms with E-state index in [4.69, 9.17) is 9.47 Å². The number of benzene rings is 1. The van der Waals surface area contributed by atoms with Crippen molar-refractivity contribution in [2.24, 2.45) is 4.99 Å². The molecule has 1 rings (SSSR count). The Morgan fingerprint density at radius 1 is 1.08 bits per heavy atom. The maximum Gasteiger partial charge on any atom is 0.191 e. The van der Waals surface area contributed by atoms with E-state index in [2.05, 4.69) is 46.5 Å². The lowest BCUT2D eigenvalue weighted by Gasteiger charge is -2.18. The Morgan fingerprint density at radius 2 is 1.76 bits per heavy atom. The normalized spacial score (nSPS) is 11.2. The lowest BCUT2D eigenvalue weighted by atomic mass is 10.2. The highest BCUT2D eigenvalue weighted by molar-refractivity contribution is 14.0. The molecule has 0 saturated heterocycles. The molecule has 0 saturated carbocycles. The highest BCUT2D eigenvalue weighted by Crippen LogP contribution is 2.12. The van der Waals surface area contributed by atoms with Gasteiger partial charge in [0.15, 0.2) is 5.96 Å². The van der Waals surface area contributed by atoms with E-state index in [1.54, 1.807) is 14.2 Å². The van der Waals surface area contributed by atoms with E-state index in [9.17, 15) is 0 Å². The number of ether oxygens (including phenoxy) is 2. The monoisotopic (exact) mass is 464 g/mol. The van der Waals surface area contributed by atoms with Crippen molar-refractivity contribution in [3.8, 4) is 5.75 Å². The van der Waals surface area contributed by atoms with Gasteiger partial charge in [-0.1, -0.05) is 26.0 Å². The highest BCUT2D eigenvalue weighted by Gasteiger charge is 2.01. The first kappa shape index (κ1) is 23.9. The predicted molar refractivity (Wildman–Crippen MR) is 115 cm³/mol. The largest absolute Gasteiger partial charge is 0.492 e. The molecule has 0 aliphatic rings. The minimum absolute atomic E-state index is 0. The van der Waals surface area contributed by atoms with Crippen LogP contribution in [-0.4, -0.2) is 64.4 Å². The summed E-state index contributed by atoms with van der Waals surface area (Å²) in [6, 6.07) is 8.17. The van der Waals surface area contributed by atoms with Crippen LogP contribution in [0.3, 0.4) is 0 Å². The van der Waals surface area contributed by atoms with E-state index in [1.807, 2.05) is 12.1 Å². The van der Waals surface area contributed by atoms with Crippen LogP contribution in [0.25, 0.3) is 0 Å². The van der Waals surface area contributed by atoms with Crippen LogP contribution in [0.1, 0.15) is 19.4 Å². The summed E-state index contributed by atoms with van der Waals surface area (Å²) in [6.07, 6.45) is 0. The second kappa shape index (κ2) is 15.2. The molecule has 0 heterocycles. The smallest absolute Gasteiger partial charge is 0.191 e. The van der Waals surface area contributed by atoms with Crippen molar-refractivity contribution >= 4 is 29.9 Å². The van der Waals surface area contributed by atoms with E-state index < -0.39 is 0 Å². The van der Waals surface area contributed by atoms with Crippen LogP contribution < -0.4 is 15.4 Å². The third-order valence-corrected chi connectivity index (χ3v) is 3.78. The Labute approximate surface area is 169 Å². The van der Waals surface area contributed by atoms with Gasteiger partial charge >= 0.3 is 0 Å². The van der Waals surface area contributed by atoms with Gasteiger partial charge < -0.3 is 25.0 Å². The van der Waals surface area contributed by atoms with Crippen LogP contribution in [0.5, 0.6) is 5.75 Å². The standard InChI is InChI=1S/C18H32N4O2.HI/c1-5-22(6-2)12-14-24-17-9-7-16(8-10-17)15-21-18(19-3)20-11-13-23-4;/h7-10H,5-6,11-15H2,1-4H3,(H2,19,20,21);1H. The SMILES string of the molecule is CCN(CC)CCOc1ccc(CNC(=NC)NCCOC)cc1.I. The summed E-state index contributed by atoms with van der Waals surface area (Å²) < 4.78 is 10.8. The molecule has 2 N–H and O–H groups in total. The average molecular weight is 464 g/mol. The molecule has 0 amide bonds. The quantitative estimate of drug-likeness (QED) is 0.228. The number of guanidine groups is 1. The fraction of sp³-hybridized carbons (Fsp3) is 0.611. The van der Waals surface area contributed by atoms with Gasteiger partial charge in [0.2, 0.25) is 0 Å². The molecule has 0 radical (unpaired) electrons. The number of methoxy groups -OCH3 is 1. The molecule has 25 heavy (non-hydrogen) atoms. The first-order valence-corrected chi connectivity index (χ1v) is 8.61. The molecule has 0 unspecified atom stereocenters. The minimum Gasteiger partial charge on any atom is -0.492 e. The van der Waals surface area contributed by atoms with Crippen LogP contribution in [0, 0.1) is 0 Å². The van der Waals surface area contributed by atoms with E-state index >= 15 is 0 Å². The topological polar surface area (TPSA) is 58.1 Å². The summed E-state index contributed by atoms with van der Waals surface area (Å²) in [5, 5.41) is 6.46. The molecule has 7 heteroatoms. The van der Waals surface area contributed by atoms with Gasteiger partial charge in [-0.3, -0.25) is 4.99 Å². The molecule has 0 aliphatic heterocycles. The molecule has 1 aromatic rings. The molecular weight excluding hydrogens is 431 g/mol. The first-order chi connectivity index (χ1) is 11.7. The fourth-order valence-electron chi connectivity index (χ4n) is 2.21. The molecular formula is C18H33IN4O2. The van der Waals surface area contributed by atoms with Crippen molar-refractivity contribution in [3.05, 3.63) is 29.8 Å². The first-order valence-electron chi connectivity index (χ1n) is 8.61. The Bertz CT molecular complexity index is 465. The Kier molecular flexibility index (Phi) is 14.6. The average Bonchev–Trinajstić information content (AvgIpc) is 2.63. The van der Waals surface area contributed by atoms with Crippen LogP contribution in [-0.2, 0) is 11.3 Å². The highest BCUT2D eigenvalue weighted by atomic mass is 127. The number of nitrogens with zero attached hydrogens (tertiary/aromatic N) is 2. The van der Waals surface area contributed by atoms with Gasteiger partial charge in [0, 0.05) is 33.8 Å². The Morgan fingerprint density at radius 3 is 2.32 bits per heavy atom. The van der Waals surface area contributed by atoms with Crippen LogP contribution >= 0.6 is 24.0 Å². The van der Waals surface area contributed by atoms with Gasteiger partial charge in [-0.2, -0.15) is 0 Å². The van der Waals surface area contributed by atoms with Gasteiger partial charge in [0.05, 0.1) is 6.61 Å². The van der Waals surface area contributed by atoms with Crippen molar-refractivity contribution in [2.45, 2.75) is 20.4 Å². The van der Waals surface area contributed by atoms with Gasteiger partial charge in [-0.05, 0) is 30.8 Å². The van der Waals surface area contributed by atoms with E-state index in [1.165, 1.54) is 5.56 Å². The Hall–Kier alpha value is -1.06. The van der Waals surface area contributed by atoms with E-state index in [0.29, 0.717) is 13.2 Å². The van der Waals surface area contributed by atoms with Gasteiger partial charge in [0.25, 0.3) is 0 Å². The molecule has 6 nitrogen and oxygen atoms in total. The third kappa shape index (κ3) is 10.5. The maximum absolute atomic E-state index is 5.80. The summed E-state index contributed by atoms with van der Waals surface area (Å²) in [5.74, 6) is 1.68. The summed E-state index contributed by atoms with van der Waals surface area (Å²) in [5.41, 5.74) is 1.18. The van der Waals surface area contributed by atoms with Crippen molar-refractivity contribution in [1.82, 2.24) is 15.5 Å². The zero-order valence-corrected chi connectivity index (χ0v) is 18.2. The summed E-state index contributed by atoms with van der Waals surface area (Å²) >= 11 is 0. The van der Waals surface area contributed by atoms with Gasteiger partial charge in [-0.15, -0.1) is 24.0 Å². The maximum atomic E-state index is 5.80. The van der Waals surface area contributed by atoms with Gasteiger partial charge in [0.1, 0.15) is 12.4 Å². The molecule has 1 aromatic carbocycles. The zero-order chi connectivity index (χ0) is 17.6. The molecule has 0 spiro atoms. The summed E-state index contributed by atoms with van der Waals surface area (Å²) in [4.78, 5) is 6.52. The number of hydrogen-bond acceptors (Lipinski definition) is 4. The minimum atomic E-state index is 0. The number of halogens is 1. The van der Waals surface area contributed by atoms with Crippen LogP contribution in [0.15, 0.2) is 29.3 Å². The van der Waals surface area contributed by atoms with Gasteiger partial charge in [-0.25, -0.2) is 0 Å². The second-order valence-electron chi connectivity index (χ2n) is 5.36. The number of likely N-dealkylation sites (N-methyl/N-ethyl adjacent to an activating group) is 1. The zero-order valence-electron chi connectivity index (χ0n) is 15.9. The van der Waals surface area contributed by atoms with Crippen molar-refractivity contribution in [2.75, 3.05) is 53.6 Å². The lowest BCUT2D eigenvalue weighted by molar-refractivity contribution is 0.203. The summed E-state index contributed by atoms with van der Waals surface area (Å²) in [7, 11) is 3.44. The van der Waals surface area contributed by atoms with E-state index in [-0.39, 0.29) is 24.0 Å². The van der Waals surface area contributed by atoms with Crippen LogP contribution in [0.4, 0.5) is 0 Å².